The smallest absolute Gasteiger partial charge is 0.231 e. The lowest BCUT2D eigenvalue weighted by atomic mass is 10.1. The first kappa shape index (κ1) is 16.2. The van der Waals surface area contributed by atoms with Gasteiger partial charge in [-0.25, -0.2) is 0 Å². The topological polar surface area (TPSA) is 54.4 Å². The first-order valence-electron chi connectivity index (χ1n) is 7.70. The number of aromatic nitrogens is 3. The second-order valence-electron chi connectivity index (χ2n) is 5.02. The van der Waals surface area contributed by atoms with Crippen molar-refractivity contribution in [3.63, 3.8) is 0 Å². The van der Waals surface area contributed by atoms with Crippen molar-refractivity contribution in [1.82, 2.24) is 15.0 Å². The van der Waals surface area contributed by atoms with Crippen molar-refractivity contribution in [2.75, 3.05) is 42.6 Å². The number of rotatable bonds is 6. The van der Waals surface area contributed by atoms with Crippen molar-refractivity contribution in [2.24, 2.45) is 0 Å². The van der Waals surface area contributed by atoms with Crippen molar-refractivity contribution >= 4 is 23.5 Å². The van der Waals surface area contributed by atoms with E-state index in [1.807, 2.05) is 6.92 Å². The summed E-state index contributed by atoms with van der Waals surface area (Å²) in [5, 5.41) is 0.258. The van der Waals surface area contributed by atoms with Crippen molar-refractivity contribution < 1.29 is 4.74 Å². The van der Waals surface area contributed by atoms with E-state index in [-0.39, 0.29) is 5.28 Å². The van der Waals surface area contributed by atoms with Crippen LogP contribution < -0.4 is 9.80 Å². The van der Waals surface area contributed by atoms with Crippen LogP contribution in [0.25, 0.3) is 0 Å². The second-order valence-corrected chi connectivity index (χ2v) is 5.36. The molecule has 0 aliphatic carbocycles. The van der Waals surface area contributed by atoms with Gasteiger partial charge in [0.2, 0.25) is 17.2 Å². The molecule has 0 atom stereocenters. The predicted octanol–water partition coefficient (Wildman–Crippen LogP) is 2.38. The fourth-order valence-corrected chi connectivity index (χ4v) is 2.73. The first-order valence-corrected chi connectivity index (χ1v) is 8.08. The van der Waals surface area contributed by atoms with Crippen LogP contribution in [-0.2, 0) is 4.74 Å². The van der Waals surface area contributed by atoms with E-state index in [0.29, 0.717) is 18.0 Å². The minimum absolute atomic E-state index is 0.258. The zero-order chi connectivity index (χ0) is 15.2. The Bertz CT molecular complexity index is 447. The molecule has 0 bridgehead atoms. The van der Waals surface area contributed by atoms with E-state index in [0.717, 1.165) is 45.6 Å². The molecule has 0 N–H and O–H groups in total. The zero-order valence-corrected chi connectivity index (χ0v) is 13.8. The molecule has 6 nitrogen and oxygen atoms in total. The highest BCUT2D eigenvalue weighted by Gasteiger charge is 2.22. The lowest BCUT2D eigenvalue weighted by Gasteiger charge is -2.32. The molecule has 0 amide bonds. The Morgan fingerprint density at radius 1 is 1.14 bits per heavy atom. The zero-order valence-electron chi connectivity index (χ0n) is 13.0. The third kappa shape index (κ3) is 4.17. The van der Waals surface area contributed by atoms with Crippen molar-refractivity contribution in [3.05, 3.63) is 5.28 Å². The van der Waals surface area contributed by atoms with Gasteiger partial charge >= 0.3 is 0 Å². The molecule has 7 heteroatoms. The van der Waals surface area contributed by atoms with Crippen LogP contribution in [0, 0.1) is 0 Å². The Morgan fingerprint density at radius 3 is 2.38 bits per heavy atom. The first-order chi connectivity index (χ1) is 10.2. The van der Waals surface area contributed by atoms with Gasteiger partial charge in [0, 0.05) is 32.8 Å². The van der Waals surface area contributed by atoms with E-state index < -0.39 is 0 Å². The lowest BCUT2D eigenvalue weighted by molar-refractivity contribution is 0.0457. The Morgan fingerprint density at radius 2 is 1.81 bits per heavy atom. The summed E-state index contributed by atoms with van der Waals surface area (Å²) >= 11 is 6.07. The second kappa shape index (κ2) is 7.75. The molecule has 0 unspecified atom stereocenters. The summed E-state index contributed by atoms with van der Waals surface area (Å²) in [4.78, 5) is 17.3. The number of anilines is 2. The van der Waals surface area contributed by atoms with Crippen LogP contribution in [0.5, 0.6) is 0 Å². The lowest BCUT2D eigenvalue weighted by Crippen LogP contribution is -2.38. The highest BCUT2D eigenvalue weighted by Crippen LogP contribution is 2.21. The number of hydrogen-bond acceptors (Lipinski definition) is 6. The normalized spacial score (nSPS) is 16.3. The Balaban J connectivity index is 2.10. The molecule has 1 fully saturated rings. The molecule has 1 saturated heterocycles. The number of nitrogens with zero attached hydrogens (tertiary/aromatic N) is 5. The average Bonchev–Trinajstić information content (AvgIpc) is 2.49. The van der Waals surface area contributed by atoms with Crippen LogP contribution in [0.2, 0.25) is 5.28 Å². The molecule has 1 aromatic rings. The summed E-state index contributed by atoms with van der Waals surface area (Å²) in [6, 6.07) is 0. The quantitative estimate of drug-likeness (QED) is 0.803. The summed E-state index contributed by atoms with van der Waals surface area (Å²) in [7, 11) is 0. The van der Waals surface area contributed by atoms with Gasteiger partial charge in [0.05, 0.1) is 6.10 Å². The Kier molecular flexibility index (Phi) is 5.99. The minimum atomic E-state index is 0.258. The largest absolute Gasteiger partial charge is 0.378 e. The summed E-state index contributed by atoms with van der Waals surface area (Å²) in [6.45, 7) is 10.4. The van der Waals surface area contributed by atoms with Crippen LogP contribution in [0.1, 0.15) is 33.6 Å². The summed E-state index contributed by atoms with van der Waals surface area (Å²) in [6.07, 6.45) is 2.35. The van der Waals surface area contributed by atoms with Crippen LogP contribution in [0.4, 0.5) is 11.9 Å². The minimum Gasteiger partial charge on any atom is -0.378 e. The van der Waals surface area contributed by atoms with E-state index in [2.05, 4.69) is 38.6 Å². The third-order valence-electron chi connectivity index (χ3n) is 3.76. The summed E-state index contributed by atoms with van der Waals surface area (Å²) in [5.41, 5.74) is 0. The van der Waals surface area contributed by atoms with Gasteiger partial charge in [0.1, 0.15) is 0 Å². The number of piperidine rings is 1. The van der Waals surface area contributed by atoms with Crippen LogP contribution in [0.3, 0.4) is 0 Å². The third-order valence-corrected chi connectivity index (χ3v) is 3.93. The molecular weight excluding hydrogens is 290 g/mol. The highest BCUT2D eigenvalue weighted by molar-refractivity contribution is 6.28. The fourth-order valence-electron chi connectivity index (χ4n) is 2.58. The average molecular weight is 314 g/mol. The van der Waals surface area contributed by atoms with Gasteiger partial charge < -0.3 is 14.5 Å². The van der Waals surface area contributed by atoms with Gasteiger partial charge in [-0.15, -0.1) is 0 Å². The van der Waals surface area contributed by atoms with E-state index in [4.69, 9.17) is 16.3 Å². The van der Waals surface area contributed by atoms with E-state index in [9.17, 15) is 0 Å². The summed E-state index contributed by atoms with van der Waals surface area (Å²) in [5.74, 6) is 1.33. The van der Waals surface area contributed by atoms with Crippen molar-refractivity contribution in [1.29, 1.82) is 0 Å². The Hall–Kier alpha value is -1.14. The van der Waals surface area contributed by atoms with Crippen molar-refractivity contribution in [2.45, 2.75) is 39.7 Å². The number of halogens is 1. The van der Waals surface area contributed by atoms with Gasteiger partial charge in [0.15, 0.2) is 0 Å². The predicted molar refractivity (Wildman–Crippen MR) is 85.3 cm³/mol. The maximum absolute atomic E-state index is 6.07. The monoisotopic (exact) mass is 313 g/mol. The van der Waals surface area contributed by atoms with E-state index in [1.165, 1.54) is 0 Å². The molecule has 0 aromatic carbocycles. The molecule has 0 spiro atoms. The molecule has 1 aliphatic heterocycles. The molecule has 1 aliphatic rings. The molecule has 2 heterocycles. The van der Waals surface area contributed by atoms with Crippen LogP contribution in [0.15, 0.2) is 0 Å². The van der Waals surface area contributed by atoms with E-state index >= 15 is 0 Å². The molecule has 1 aromatic heterocycles. The van der Waals surface area contributed by atoms with Gasteiger partial charge in [-0.05, 0) is 45.2 Å². The van der Waals surface area contributed by atoms with Gasteiger partial charge in [0.25, 0.3) is 0 Å². The van der Waals surface area contributed by atoms with Gasteiger partial charge in [-0.3, -0.25) is 0 Å². The molecular formula is C14H24ClN5O. The highest BCUT2D eigenvalue weighted by atomic mass is 35.5. The van der Waals surface area contributed by atoms with Gasteiger partial charge in [-0.2, -0.15) is 15.0 Å². The maximum Gasteiger partial charge on any atom is 0.231 e. The SMILES string of the molecule is CCOC1CCN(c2nc(Cl)nc(N(CC)CC)n2)CC1. The maximum atomic E-state index is 6.07. The van der Waals surface area contributed by atoms with Gasteiger partial charge in [-0.1, -0.05) is 0 Å². The molecule has 2 rings (SSSR count). The molecule has 0 saturated carbocycles. The van der Waals surface area contributed by atoms with Crippen LogP contribution in [-0.4, -0.2) is 53.8 Å². The standard InChI is InChI=1S/C14H24ClN5O/c1-4-19(5-2)13-16-12(15)17-14(18-13)20-9-7-11(8-10-20)21-6-3/h11H,4-10H2,1-3H3. The van der Waals surface area contributed by atoms with Crippen molar-refractivity contribution in [3.8, 4) is 0 Å². The van der Waals surface area contributed by atoms with Crippen LogP contribution >= 0.6 is 11.6 Å². The fraction of sp³-hybridized carbons (Fsp3) is 0.786. The Labute approximate surface area is 131 Å². The molecule has 0 radical (unpaired) electrons. The number of ether oxygens (including phenoxy) is 1. The number of hydrogen-bond donors (Lipinski definition) is 0. The molecule has 118 valence electrons. The van der Waals surface area contributed by atoms with E-state index in [1.54, 1.807) is 0 Å². The summed E-state index contributed by atoms with van der Waals surface area (Å²) < 4.78 is 5.67. The molecule has 21 heavy (non-hydrogen) atoms.